The number of fused-ring (bicyclic) bond motifs is 1. The van der Waals surface area contributed by atoms with E-state index in [4.69, 9.17) is 27.5 Å². The molecule has 29 heavy (non-hydrogen) atoms. The van der Waals surface area contributed by atoms with Crippen LogP contribution in [0, 0.1) is 12.3 Å². The van der Waals surface area contributed by atoms with Crippen LogP contribution in [0.25, 0.3) is 0 Å². The van der Waals surface area contributed by atoms with Gasteiger partial charge in [0.15, 0.2) is 5.72 Å². The molecule has 4 rings (SSSR count). The maximum atomic E-state index is 13.0. The normalized spacial score (nSPS) is 17.3. The molecule has 7 nitrogen and oxygen atoms in total. The number of nitrogens with zero attached hydrogens (tertiary/aromatic N) is 1. The van der Waals surface area contributed by atoms with E-state index >= 15 is 0 Å². The summed E-state index contributed by atoms with van der Waals surface area (Å²) in [6.07, 6.45) is 2.09. The molecular weight excluding hydrogens is 392 g/mol. The van der Waals surface area contributed by atoms with Crippen LogP contribution in [-0.2, 0) is 0 Å². The lowest BCUT2D eigenvalue weighted by atomic mass is 9.96. The van der Waals surface area contributed by atoms with E-state index in [-0.39, 0.29) is 11.8 Å². The minimum absolute atomic E-state index is 0.125. The quantitative estimate of drug-likeness (QED) is 0.520. The maximum absolute atomic E-state index is 13.0. The molecule has 1 fully saturated rings. The largest absolute Gasteiger partial charge is 0.467 e. The van der Waals surface area contributed by atoms with E-state index in [1.54, 1.807) is 35.2 Å². The second-order valence-corrected chi connectivity index (χ2v) is 7.86. The van der Waals surface area contributed by atoms with Crippen LogP contribution >= 0.6 is 11.6 Å². The van der Waals surface area contributed by atoms with E-state index in [0.717, 1.165) is 11.8 Å². The Morgan fingerprint density at radius 3 is 2.72 bits per heavy atom. The van der Waals surface area contributed by atoms with Gasteiger partial charge >= 0.3 is 0 Å². The number of hydrogen-bond acceptors (Lipinski definition) is 5. The molecule has 0 radical (unpaired) electrons. The maximum Gasteiger partial charge on any atom is 0.258 e. The number of carbonyl (C=O) groups is 2. The van der Waals surface area contributed by atoms with Crippen LogP contribution in [0.15, 0.2) is 30.3 Å². The van der Waals surface area contributed by atoms with Crippen LogP contribution in [0.3, 0.4) is 0 Å². The van der Waals surface area contributed by atoms with Gasteiger partial charge in [0.1, 0.15) is 5.75 Å². The summed E-state index contributed by atoms with van der Waals surface area (Å²) in [5, 5.41) is 10.9. The Labute approximate surface area is 173 Å². The number of likely N-dealkylation sites (tertiary alicyclic amines) is 1. The van der Waals surface area contributed by atoms with Gasteiger partial charge in [0.05, 0.1) is 5.56 Å². The van der Waals surface area contributed by atoms with Crippen molar-refractivity contribution in [3.63, 3.8) is 0 Å². The van der Waals surface area contributed by atoms with Crippen molar-refractivity contribution >= 4 is 35.3 Å². The first kappa shape index (κ1) is 19.3. The Hall–Kier alpha value is -3.06. The number of anilines is 1. The van der Waals surface area contributed by atoms with Gasteiger partial charge in [-0.3, -0.25) is 9.59 Å². The van der Waals surface area contributed by atoms with Crippen molar-refractivity contribution in [2.24, 2.45) is 0 Å². The predicted molar refractivity (Wildman–Crippen MR) is 111 cm³/mol. The molecule has 0 aliphatic carbocycles. The average Bonchev–Trinajstić information content (AvgIpc) is 2.71. The molecule has 0 bridgehead atoms. The minimum Gasteiger partial charge on any atom is -0.467 e. The number of rotatable bonds is 2. The molecule has 0 atom stereocenters. The van der Waals surface area contributed by atoms with Crippen molar-refractivity contribution in [1.29, 1.82) is 5.41 Å². The third-order valence-electron chi connectivity index (χ3n) is 5.51. The predicted octanol–water partition coefficient (Wildman–Crippen LogP) is 2.98. The van der Waals surface area contributed by atoms with E-state index in [1.807, 2.05) is 6.92 Å². The highest BCUT2D eigenvalue weighted by Gasteiger charge is 2.43. The van der Waals surface area contributed by atoms with Crippen molar-refractivity contribution < 1.29 is 14.3 Å². The topological polar surface area (TPSA) is 109 Å². The number of piperidine rings is 1. The van der Waals surface area contributed by atoms with Crippen molar-refractivity contribution in [2.75, 3.05) is 18.8 Å². The number of ether oxygens (including phenoxy) is 1. The Morgan fingerprint density at radius 2 is 2.03 bits per heavy atom. The Morgan fingerprint density at radius 1 is 1.31 bits per heavy atom. The standard InChI is InChI=1S/C21H21ClN4O3/c1-12-8-13(9-14(11-23)18(12)24)20(28)26-6-4-21(5-7-26)25-19(27)16-10-15(22)2-3-17(16)29-21/h2-3,8-11,23H,4-7,24H2,1H3,(H,25,27). The lowest BCUT2D eigenvalue weighted by Gasteiger charge is -2.44. The zero-order valence-corrected chi connectivity index (χ0v) is 16.7. The minimum atomic E-state index is -0.828. The third-order valence-corrected chi connectivity index (χ3v) is 5.75. The molecule has 2 heterocycles. The molecule has 2 aromatic rings. The lowest BCUT2D eigenvalue weighted by Crippen LogP contribution is -2.61. The van der Waals surface area contributed by atoms with Gasteiger partial charge in [-0.05, 0) is 42.8 Å². The first-order chi connectivity index (χ1) is 13.8. The summed E-state index contributed by atoms with van der Waals surface area (Å²) in [6.45, 7) is 2.69. The fourth-order valence-electron chi connectivity index (χ4n) is 3.83. The van der Waals surface area contributed by atoms with Gasteiger partial charge in [-0.2, -0.15) is 0 Å². The molecular formula is C21H21ClN4O3. The van der Waals surface area contributed by atoms with Crippen molar-refractivity contribution in [3.8, 4) is 5.75 Å². The summed E-state index contributed by atoms with van der Waals surface area (Å²) in [6, 6.07) is 8.36. The number of amides is 2. The van der Waals surface area contributed by atoms with Gasteiger partial charge in [0.2, 0.25) is 0 Å². The van der Waals surface area contributed by atoms with E-state index in [0.29, 0.717) is 59.1 Å². The summed E-state index contributed by atoms with van der Waals surface area (Å²) in [4.78, 5) is 27.2. The molecule has 1 saturated heterocycles. The van der Waals surface area contributed by atoms with Gasteiger partial charge in [-0.15, -0.1) is 0 Å². The number of benzene rings is 2. The highest BCUT2D eigenvalue weighted by molar-refractivity contribution is 6.31. The van der Waals surface area contributed by atoms with E-state index in [2.05, 4.69) is 5.32 Å². The number of hydrogen-bond donors (Lipinski definition) is 3. The molecule has 2 aromatic carbocycles. The van der Waals surface area contributed by atoms with Gasteiger partial charge in [0.25, 0.3) is 11.8 Å². The molecule has 4 N–H and O–H groups in total. The number of halogens is 1. The van der Waals surface area contributed by atoms with Gasteiger partial charge in [-0.1, -0.05) is 11.6 Å². The number of carbonyl (C=O) groups excluding carboxylic acids is 2. The second-order valence-electron chi connectivity index (χ2n) is 7.42. The molecule has 2 aliphatic rings. The van der Waals surface area contributed by atoms with Crippen molar-refractivity contribution in [3.05, 3.63) is 57.6 Å². The molecule has 8 heteroatoms. The lowest BCUT2D eigenvalue weighted by molar-refractivity contribution is -0.0245. The zero-order valence-electron chi connectivity index (χ0n) is 15.9. The monoisotopic (exact) mass is 412 g/mol. The SMILES string of the molecule is Cc1cc(C(=O)N2CCC3(CC2)NC(=O)c2cc(Cl)ccc2O3)cc(C=N)c1N. The average molecular weight is 413 g/mol. The fourth-order valence-corrected chi connectivity index (χ4v) is 4.00. The molecule has 2 aliphatic heterocycles. The smallest absolute Gasteiger partial charge is 0.258 e. The first-order valence-electron chi connectivity index (χ1n) is 9.33. The molecule has 0 saturated carbocycles. The Balaban J connectivity index is 1.51. The van der Waals surface area contributed by atoms with Gasteiger partial charge < -0.3 is 26.1 Å². The Kier molecular flexibility index (Phi) is 4.70. The Bertz CT molecular complexity index is 1030. The van der Waals surface area contributed by atoms with E-state index < -0.39 is 5.72 Å². The van der Waals surface area contributed by atoms with Crippen LogP contribution < -0.4 is 15.8 Å². The van der Waals surface area contributed by atoms with Crippen LogP contribution in [-0.4, -0.2) is 41.7 Å². The number of aryl methyl sites for hydroxylation is 1. The summed E-state index contributed by atoms with van der Waals surface area (Å²) in [5.41, 5.74) is 7.84. The third kappa shape index (κ3) is 3.42. The number of nitrogen functional groups attached to an aromatic ring is 1. The summed E-state index contributed by atoms with van der Waals surface area (Å²) >= 11 is 5.97. The van der Waals surface area contributed by atoms with E-state index in [1.165, 1.54) is 0 Å². The van der Waals surface area contributed by atoms with Crippen molar-refractivity contribution in [2.45, 2.75) is 25.5 Å². The fraction of sp³-hybridized carbons (Fsp3) is 0.286. The van der Waals surface area contributed by atoms with Gasteiger partial charge in [0, 0.05) is 54.0 Å². The highest BCUT2D eigenvalue weighted by Crippen LogP contribution is 2.35. The van der Waals surface area contributed by atoms with Crippen molar-refractivity contribution in [1.82, 2.24) is 10.2 Å². The van der Waals surface area contributed by atoms with Crippen LogP contribution in [0.5, 0.6) is 5.75 Å². The second kappa shape index (κ2) is 7.08. The first-order valence-corrected chi connectivity index (χ1v) is 9.71. The number of nitrogens with two attached hydrogens (primary N) is 1. The van der Waals surface area contributed by atoms with Crippen LogP contribution in [0.1, 0.15) is 44.7 Å². The molecule has 1 spiro atoms. The summed E-state index contributed by atoms with van der Waals surface area (Å²) in [5.74, 6) is 0.154. The highest BCUT2D eigenvalue weighted by atomic mass is 35.5. The van der Waals surface area contributed by atoms with E-state index in [9.17, 15) is 9.59 Å². The van der Waals surface area contributed by atoms with Crippen LogP contribution in [0.2, 0.25) is 5.02 Å². The molecule has 0 unspecified atom stereocenters. The van der Waals surface area contributed by atoms with Gasteiger partial charge in [-0.25, -0.2) is 0 Å². The zero-order chi connectivity index (χ0) is 20.8. The summed E-state index contributed by atoms with van der Waals surface area (Å²) < 4.78 is 6.12. The molecule has 0 aromatic heterocycles. The number of nitrogens with one attached hydrogen (secondary N) is 2. The molecule has 2 amide bonds. The molecule has 150 valence electrons. The summed E-state index contributed by atoms with van der Waals surface area (Å²) in [7, 11) is 0. The van der Waals surface area contributed by atoms with Crippen LogP contribution in [0.4, 0.5) is 5.69 Å².